The molecule has 0 bridgehead atoms. The van der Waals surface area contributed by atoms with Crippen molar-refractivity contribution >= 4 is 11.8 Å². The number of hydrogen-bond acceptors (Lipinski definition) is 3. The minimum atomic E-state index is -0.101. The second-order valence-electron chi connectivity index (χ2n) is 5.31. The van der Waals surface area contributed by atoms with Gasteiger partial charge in [0.05, 0.1) is 0 Å². The molecule has 0 aromatic heterocycles. The van der Waals surface area contributed by atoms with E-state index in [0.29, 0.717) is 17.7 Å². The van der Waals surface area contributed by atoms with Crippen molar-refractivity contribution < 1.29 is 9.59 Å². The summed E-state index contributed by atoms with van der Waals surface area (Å²) in [5.41, 5.74) is 6.79. The molecular formula is C15H21N3O2. The van der Waals surface area contributed by atoms with Gasteiger partial charge in [0.1, 0.15) is 0 Å². The predicted molar refractivity (Wildman–Crippen MR) is 77.6 cm³/mol. The summed E-state index contributed by atoms with van der Waals surface area (Å²) >= 11 is 0. The van der Waals surface area contributed by atoms with E-state index in [4.69, 9.17) is 5.73 Å². The van der Waals surface area contributed by atoms with Crippen LogP contribution in [0, 0.1) is 0 Å². The normalized spacial score (nSPS) is 18.1. The molecule has 1 saturated heterocycles. The number of carbonyl (C=O) groups is 2. The van der Waals surface area contributed by atoms with Gasteiger partial charge in [-0.1, -0.05) is 6.07 Å². The van der Waals surface area contributed by atoms with Crippen LogP contribution < -0.4 is 5.73 Å². The quantitative estimate of drug-likeness (QED) is 0.893. The monoisotopic (exact) mass is 275 g/mol. The summed E-state index contributed by atoms with van der Waals surface area (Å²) < 4.78 is 0. The second kappa shape index (κ2) is 6.05. The number of carbonyl (C=O) groups excluding carboxylic acids is 2. The Morgan fingerprint density at radius 1 is 1.35 bits per heavy atom. The predicted octanol–water partition coefficient (Wildman–Crippen LogP) is 0.952. The van der Waals surface area contributed by atoms with Gasteiger partial charge in [0.25, 0.3) is 11.8 Å². The Balaban J connectivity index is 2.22. The molecule has 0 spiro atoms. The van der Waals surface area contributed by atoms with Crippen LogP contribution in [-0.4, -0.2) is 54.8 Å². The number of hydrogen-bond donors (Lipinski definition) is 1. The van der Waals surface area contributed by atoms with Gasteiger partial charge in [-0.25, -0.2) is 0 Å². The fourth-order valence-corrected chi connectivity index (χ4v) is 2.56. The van der Waals surface area contributed by atoms with Crippen LogP contribution in [-0.2, 0) is 0 Å². The van der Waals surface area contributed by atoms with Crippen LogP contribution in [0.1, 0.15) is 33.6 Å². The summed E-state index contributed by atoms with van der Waals surface area (Å²) in [5, 5.41) is 0. The molecule has 2 amide bonds. The molecule has 1 aliphatic heterocycles. The first-order valence-corrected chi connectivity index (χ1v) is 6.87. The van der Waals surface area contributed by atoms with E-state index in [1.54, 1.807) is 38.4 Å². The fraction of sp³-hybridized carbons (Fsp3) is 0.467. The molecule has 5 nitrogen and oxygen atoms in total. The van der Waals surface area contributed by atoms with Crippen molar-refractivity contribution in [2.75, 3.05) is 27.2 Å². The molecule has 1 aromatic carbocycles. The van der Waals surface area contributed by atoms with Crippen LogP contribution in [0.5, 0.6) is 0 Å². The molecule has 1 unspecified atom stereocenters. The third-order valence-corrected chi connectivity index (χ3v) is 3.67. The molecule has 1 heterocycles. The topological polar surface area (TPSA) is 66.6 Å². The van der Waals surface area contributed by atoms with E-state index in [-0.39, 0.29) is 17.9 Å². The van der Waals surface area contributed by atoms with Crippen LogP contribution in [0.25, 0.3) is 0 Å². The number of amides is 2. The van der Waals surface area contributed by atoms with E-state index in [1.807, 2.05) is 4.90 Å². The Morgan fingerprint density at radius 2 is 2.05 bits per heavy atom. The Labute approximate surface area is 119 Å². The zero-order chi connectivity index (χ0) is 14.7. The van der Waals surface area contributed by atoms with Crippen molar-refractivity contribution in [2.24, 2.45) is 5.73 Å². The van der Waals surface area contributed by atoms with E-state index in [1.165, 1.54) is 4.90 Å². The molecule has 108 valence electrons. The van der Waals surface area contributed by atoms with Crippen molar-refractivity contribution in [3.8, 4) is 0 Å². The van der Waals surface area contributed by atoms with Crippen molar-refractivity contribution in [3.63, 3.8) is 0 Å². The van der Waals surface area contributed by atoms with E-state index < -0.39 is 0 Å². The lowest BCUT2D eigenvalue weighted by atomic mass is 10.1. The first-order chi connectivity index (χ1) is 9.54. The third kappa shape index (κ3) is 2.82. The SMILES string of the molecule is CN(C)C(=O)c1cccc(C(=O)N2CCCC2CN)c1. The second-order valence-corrected chi connectivity index (χ2v) is 5.31. The molecule has 1 fully saturated rings. The fourth-order valence-electron chi connectivity index (χ4n) is 2.56. The molecule has 0 aliphatic carbocycles. The first-order valence-electron chi connectivity index (χ1n) is 6.87. The molecule has 5 heteroatoms. The lowest BCUT2D eigenvalue weighted by Crippen LogP contribution is -2.40. The maximum absolute atomic E-state index is 12.5. The largest absolute Gasteiger partial charge is 0.345 e. The van der Waals surface area contributed by atoms with Crippen LogP contribution in [0.2, 0.25) is 0 Å². The molecule has 2 N–H and O–H groups in total. The Kier molecular flexibility index (Phi) is 4.39. The molecule has 0 saturated carbocycles. The minimum absolute atomic E-state index is 0.0358. The molecule has 0 radical (unpaired) electrons. The molecule has 1 atom stereocenters. The number of rotatable bonds is 3. The average molecular weight is 275 g/mol. The van der Waals surface area contributed by atoms with Crippen LogP contribution in [0.3, 0.4) is 0 Å². The highest BCUT2D eigenvalue weighted by Crippen LogP contribution is 2.20. The van der Waals surface area contributed by atoms with E-state index in [0.717, 1.165) is 19.4 Å². The molecule has 1 aromatic rings. The van der Waals surface area contributed by atoms with Gasteiger partial charge in [-0.05, 0) is 31.0 Å². The van der Waals surface area contributed by atoms with Gasteiger partial charge in [0, 0.05) is 44.4 Å². The summed E-state index contributed by atoms with van der Waals surface area (Å²) in [6.45, 7) is 1.23. The maximum Gasteiger partial charge on any atom is 0.254 e. The molecule has 20 heavy (non-hydrogen) atoms. The van der Waals surface area contributed by atoms with Crippen LogP contribution >= 0.6 is 0 Å². The van der Waals surface area contributed by atoms with Crippen LogP contribution in [0.15, 0.2) is 24.3 Å². The average Bonchev–Trinajstić information content (AvgIpc) is 2.94. The number of benzene rings is 1. The summed E-state index contributed by atoms with van der Waals surface area (Å²) in [5.74, 6) is -0.136. The standard InChI is InChI=1S/C15H21N3O2/c1-17(2)14(19)11-5-3-6-12(9-11)15(20)18-8-4-7-13(18)10-16/h3,5-6,9,13H,4,7-8,10,16H2,1-2H3. The Hall–Kier alpha value is -1.88. The van der Waals surface area contributed by atoms with Gasteiger partial charge >= 0.3 is 0 Å². The van der Waals surface area contributed by atoms with Gasteiger partial charge in [0.2, 0.25) is 0 Å². The van der Waals surface area contributed by atoms with Crippen molar-refractivity contribution in [1.29, 1.82) is 0 Å². The zero-order valence-electron chi connectivity index (χ0n) is 12.0. The highest BCUT2D eigenvalue weighted by Gasteiger charge is 2.28. The van der Waals surface area contributed by atoms with Gasteiger partial charge in [0.15, 0.2) is 0 Å². The number of likely N-dealkylation sites (tertiary alicyclic amines) is 1. The lowest BCUT2D eigenvalue weighted by Gasteiger charge is -2.23. The van der Waals surface area contributed by atoms with Gasteiger partial charge in [-0.3, -0.25) is 9.59 Å². The third-order valence-electron chi connectivity index (χ3n) is 3.67. The van der Waals surface area contributed by atoms with E-state index in [9.17, 15) is 9.59 Å². The van der Waals surface area contributed by atoms with Crippen LogP contribution in [0.4, 0.5) is 0 Å². The molecular weight excluding hydrogens is 254 g/mol. The van der Waals surface area contributed by atoms with Gasteiger partial charge in [-0.15, -0.1) is 0 Å². The zero-order valence-corrected chi connectivity index (χ0v) is 12.0. The first kappa shape index (κ1) is 14.5. The Morgan fingerprint density at radius 3 is 2.70 bits per heavy atom. The lowest BCUT2D eigenvalue weighted by molar-refractivity contribution is 0.0741. The maximum atomic E-state index is 12.5. The van der Waals surface area contributed by atoms with E-state index >= 15 is 0 Å². The summed E-state index contributed by atoms with van der Waals surface area (Å²) in [6.07, 6.45) is 1.95. The smallest absolute Gasteiger partial charge is 0.254 e. The van der Waals surface area contributed by atoms with Gasteiger partial charge < -0.3 is 15.5 Å². The Bertz CT molecular complexity index is 514. The van der Waals surface area contributed by atoms with Crippen molar-refractivity contribution in [2.45, 2.75) is 18.9 Å². The highest BCUT2D eigenvalue weighted by molar-refractivity contribution is 5.99. The van der Waals surface area contributed by atoms with E-state index in [2.05, 4.69) is 0 Å². The highest BCUT2D eigenvalue weighted by atomic mass is 16.2. The van der Waals surface area contributed by atoms with Crippen molar-refractivity contribution in [1.82, 2.24) is 9.80 Å². The van der Waals surface area contributed by atoms with Gasteiger partial charge in [-0.2, -0.15) is 0 Å². The molecule has 2 rings (SSSR count). The number of nitrogens with two attached hydrogens (primary N) is 1. The molecule has 1 aliphatic rings. The summed E-state index contributed by atoms with van der Waals surface area (Å²) in [6, 6.07) is 7.01. The number of nitrogens with zero attached hydrogens (tertiary/aromatic N) is 2. The summed E-state index contributed by atoms with van der Waals surface area (Å²) in [7, 11) is 3.39. The summed E-state index contributed by atoms with van der Waals surface area (Å²) in [4.78, 5) is 27.8. The minimum Gasteiger partial charge on any atom is -0.345 e. The van der Waals surface area contributed by atoms with Crippen molar-refractivity contribution in [3.05, 3.63) is 35.4 Å².